The molecule has 2 unspecified atom stereocenters. The van der Waals surface area contributed by atoms with E-state index in [4.69, 9.17) is 0 Å². The van der Waals surface area contributed by atoms with Crippen LogP contribution in [0.2, 0.25) is 0 Å². The fourth-order valence-electron chi connectivity index (χ4n) is 5.41. The molecule has 2 spiro atoms. The molecule has 4 aliphatic carbocycles. The summed E-state index contributed by atoms with van der Waals surface area (Å²) in [7, 11) is 0. The van der Waals surface area contributed by atoms with Gasteiger partial charge in [0.2, 0.25) is 5.92 Å². The molecule has 0 aromatic heterocycles. The van der Waals surface area contributed by atoms with Crippen LogP contribution in [0.25, 0.3) is 0 Å². The lowest BCUT2D eigenvalue weighted by Gasteiger charge is -2.38. The van der Waals surface area contributed by atoms with E-state index in [1.54, 1.807) is 0 Å². The monoisotopic (exact) mass is 376 g/mol. The number of alkyl halides is 4. The first-order chi connectivity index (χ1) is 11.9. The van der Waals surface area contributed by atoms with E-state index in [1.807, 2.05) is 0 Å². The molecule has 0 radical (unpaired) electrons. The minimum Gasteiger partial charge on any atom is -0.207 e. The van der Waals surface area contributed by atoms with E-state index < -0.39 is 17.3 Å². The molecule has 0 aliphatic heterocycles. The summed E-state index contributed by atoms with van der Waals surface area (Å²) in [4.78, 5) is 0. The van der Waals surface area contributed by atoms with Crippen molar-refractivity contribution in [3.05, 3.63) is 0 Å². The summed E-state index contributed by atoms with van der Waals surface area (Å²) >= 11 is 0. The highest BCUT2D eigenvalue weighted by Crippen LogP contribution is 2.65. The summed E-state index contributed by atoms with van der Waals surface area (Å²) in [5.74, 6) is -2.92. The second-order valence-corrected chi connectivity index (χ2v) is 10.7. The van der Waals surface area contributed by atoms with E-state index in [0.717, 1.165) is 44.9 Å². The molecule has 0 saturated heterocycles. The molecular formula is C22H36F4. The van der Waals surface area contributed by atoms with Crippen LogP contribution in [-0.2, 0) is 0 Å². The summed E-state index contributed by atoms with van der Waals surface area (Å²) in [6.07, 6.45) is 6.62. The Bertz CT molecular complexity index is 494. The Balaban J connectivity index is 0.000000151. The molecule has 0 heterocycles. The van der Waals surface area contributed by atoms with Gasteiger partial charge in [-0.1, -0.05) is 27.7 Å². The zero-order valence-electron chi connectivity index (χ0n) is 16.9. The molecule has 2 atom stereocenters. The second kappa shape index (κ2) is 6.65. The topological polar surface area (TPSA) is 0 Å². The molecule has 0 bridgehead atoms. The van der Waals surface area contributed by atoms with E-state index in [1.165, 1.54) is 0 Å². The predicted octanol–water partition coefficient (Wildman–Crippen LogP) is 7.72. The van der Waals surface area contributed by atoms with Gasteiger partial charge in [0.15, 0.2) is 0 Å². The predicted molar refractivity (Wildman–Crippen MR) is 97.6 cm³/mol. The molecular weight excluding hydrogens is 340 g/mol. The van der Waals surface area contributed by atoms with Gasteiger partial charge in [-0.05, 0) is 74.0 Å². The van der Waals surface area contributed by atoms with Gasteiger partial charge in [-0.15, -0.1) is 0 Å². The Hall–Kier alpha value is -0.280. The van der Waals surface area contributed by atoms with E-state index in [0.29, 0.717) is 17.8 Å². The summed E-state index contributed by atoms with van der Waals surface area (Å²) in [5.41, 5.74) is -0.489. The van der Waals surface area contributed by atoms with E-state index in [2.05, 4.69) is 27.7 Å². The van der Waals surface area contributed by atoms with Gasteiger partial charge in [0.1, 0.15) is 0 Å². The summed E-state index contributed by atoms with van der Waals surface area (Å²) in [6.45, 7) is 8.46. The number of rotatable bonds is 2. The van der Waals surface area contributed by atoms with Crippen LogP contribution in [-0.4, -0.2) is 11.8 Å². The molecule has 4 aliphatic rings. The molecule has 0 nitrogen and oxygen atoms in total. The highest BCUT2D eigenvalue weighted by Gasteiger charge is 2.63. The Morgan fingerprint density at radius 1 is 0.692 bits per heavy atom. The lowest BCUT2D eigenvalue weighted by molar-refractivity contribution is -0.117. The minimum absolute atomic E-state index is 0.0662. The van der Waals surface area contributed by atoms with Crippen LogP contribution in [0.5, 0.6) is 0 Å². The third-order valence-electron chi connectivity index (χ3n) is 7.84. The van der Waals surface area contributed by atoms with Gasteiger partial charge in [-0.25, -0.2) is 17.6 Å². The van der Waals surface area contributed by atoms with E-state index in [9.17, 15) is 17.6 Å². The Labute approximate surface area is 156 Å². The molecule has 4 heteroatoms. The van der Waals surface area contributed by atoms with Crippen molar-refractivity contribution in [1.29, 1.82) is 0 Å². The normalized spacial score (nSPS) is 35.3. The molecule has 0 aromatic carbocycles. The van der Waals surface area contributed by atoms with Crippen molar-refractivity contribution < 1.29 is 17.6 Å². The van der Waals surface area contributed by atoms with E-state index in [-0.39, 0.29) is 30.6 Å². The lowest BCUT2D eigenvalue weighted by atomic mass is 9.72. The number of halogens is 4. The quantitative estimate of drug-likeness (QED) is 0.433. The average molecular weight is 377 g/mol. The van der Waals surface area contributed by atoms with Crippen LogP contribution in [0, 0.1) is 34.5 Å². The first kappa shape index (κ1) is 20.5. The van der Waals surface area contributed by atoms with Crippen molar-refractivity contribution in [2.45, 2.75) is 104 Å². The average Bonchev–Trinajstić information content (AvgIpc) is 3.40. The zero-order valence-corrected chi connectivity index (χ0v) is 16.9. The van der Waals surface area contributed by atoms with E-state index >= 15 is 0 Å². The Kier molecular flexibility index (Phi) is 5.23. The van der Waals surface area contributed by atoms with Crippen LogP contribution >= 0.6 is 0 Å². The van der Waals surface area contributed by atoms with Gasteiger partial charge >= 0.3 is 0 Å². The molecule has 4 rings (SSSR count). The van der Waals surface area contributed by atoms with Crippen LogP contribution in [0.3, 0.4) is 0 Å². The molecule has 0 aromatic rings. The van der Waals surface area contributed by atoms with Gasteiger partial charge in [0, 0.05) is 24.7 Å². The van der Waals surface area contributed by atoms with Crippen LogP contribution in [0.4, 0.5) is 17.6 Å². The zero-order chi connectivity index (χ0) is 19.4. The molecule has 0 N–H and O–H groups in total. The largest absolute Gasteiger partial charge is 0.253 e. The maximum absolute atomic E-state index is 13.5. The van der Waals surface area contributed by atoms with Gasteiger partial charge in [-0.2, -0.15) is 0 Å². The smallest absolute Gasteiger partial charge is 0.207 e. The summed E-state index contributed by atoms with van der Waals surface area (Å²) in [6, 6.07) is 0. The summed E-state index contributed by atoms with van der Waals surface area (Å²) < 4.78 is 53.7. The van der Waals surface area contributed by atoms with Crippen molar-refractivity contribution in [2.24, 2.45) is 34.5 Å². The van der Waals surface area contributed by atoms with Crippen molar-refractivity contribution in [1.82, 2.24) is 0 Å². The Morgan fingerprint density at radius 3 is 1.73 bits per heavy atom. The summed E-state index contributed by atoms with van der Waals surface area (Å²) in [5, 5.41) is 0. The third kappa shape index (κ3) is 4.24. The van der Waals surface area contributed by atoms with Gasteiger partial charge < -0.3 is 0 Å². The van der Waals surface area contributed by atoms with Gasteiger partial charge in [0.05, 0.1) is 0 Å². The second-order valence-electron chi connectivity index (χ2n) is 10.7. The molecule has 26 heavy (non-hydrogen) atoms. The van der Waals surface area contributed by atoms with Gasteiger partial charge in [0.25, 0.3) is 5.92 Å². The highest BCUT2D eigenvalue weighted by atomic mass is 19.3. The third-order valence-corrected chi connectivity index (χ3v) is 7.84. The van der Waals surface area contributed by atoms with Crippen LogP contribution in [0.1, 0.15) is 91.9 Å². The first-order valence-electron chi connectivity index (χ1n) is 10.7. The van der Waals surface area contributed by atoms with Crippen molar-refractivity contribution in [3.63, 3.8) is 0 Å². The first-order valence-corrected chi connectivity index (χ1v) is 10.7. The standard InChI is InChI=1S/2C11H18F2/c1-8(2)9-5-10(3-4-10)7-11(12,13)6-9;1-8(2)9-3-4-11(12,13)10(7-9)5-6-10/h2*8-9H,3-7H2,1-2H3. The molecule has 152 valence electrons. The fourth-order valence-corrected chi connectivity index (χ4v) is 5.41. The van der Waals surface area contributed by atoms with Crippen LogP contribution in [0.15, 0.2) is 0 Å². The minimum atomic E-state index is -2.37. The van der Waals surface area contributed by atoms with Crippen molar-refractivity contribution in [3.8, 4) is 0 Å². The van der Waals surface area contributed by atoms with Crippen LogP contribution < -0.4 is 0 Å². The molecule has 4 saturated carbocycles. The fraction of sp³-hybridized carbons (Fsp3) is 1.00. The number of hydrogen-bond acceptors (Lipinski definition) is 0. The number of hydrogen-bond donors (Lipinski definition) is 0. The van der Waals surface area contributed by atoms with Crippen molar-refractivity contribution in [2.75, 3.05) is 0 Å². The van der Waals surface area contributed by atoms with Crippen molar-refractivity contribution >= 4 is 0 Å². The van der Waals surface area contributed by atoms with Gasteiger partial charge in [-0.3, -0.25) is 0 Å². The molecule has 4 fully saturated rings. The molecule has 0 amide bonds. The maximum atomic E-state index is 13.5. The highest BCUT2D eigenvalue weighted by molar-refractivity contribution is 5.07. The lowest BCUT2D eigenvalue weighted by Crippen LogP contribution is -2.38. The Morgan fingerprint density at radius 2 is 1.27 bits per heavy atom. The maximum Gasteiger partial charge on any atom is 0.253 e. The SMILES string of the molecule is CC(C)C1CC(F)(F)CC2(CC2)C1.CC(C)C1CCC(F)(F)C2(CC2)C1.